The first-order chi connectivity index (χ1) is 14.7. The molecule has 0 saturated carbocycles. The van der Waals surface area contributed by atoms with Gasteiger partial charge in [0.15, 0.2) is 0 Å². The second-order valence-corrected chi connectivity index (χ2v) is 9.29. The normalized spacial score (nSPS) is 24.3. The Hall–Kier alpha value is -3.25. The summed E-state index contributed by atoms with van der Waals surface area (Å²) in [7, 11) is -1.16. The summed E-state index contributed by atoms with van der Waals surface area (Å²) in [5.41, 5.74) is 4.60. The lowest BCUT2D eigenvalue weighted by Gasteiger charge is -2.38. The van der Waals surface area contributed by atoms with Crippen molar-refractivity contribution in [1.82, 2.24) is 9.29 Å². The van der Waals surface area contributed by atoms with Crippen molar-refractivity contribution in [3.05, 3.63) is 53.6 Å². The van der Waals surface area contributed by atoms with Crippen molar-refractivity contribution in [3.63, 3.8) is 0 Å². The van der Waals surface area contributed by atoms with Crippen molar-refractivity contribution < 1.29 is 27.1 Å². The molecule has 12 heteroatoms. The predicted octanol–water partition coefficient (Wildman–Crippen LogP) is 0.666. The van der Waals surface area contributed by atoms with Crippen LogP contribution >= 0.6 is 0 Å². The Morgan fingerprint density at radius 3 is 2.84 bits per heavy atom. The number of fused-ring (bicyclic) bond motifs is 1. The lowest BCUT2D eigenvalue weighted by atomic mass is 9.88. The minimum Gasteiger partial charge on any atom is -0.495 e. The Labute approximate surface area is 177 Å². The van der Waals surface area contributed by atoms with Crippen LogP contribution < -0.4 is 15.8 Å². The van der Waals surface area contributed by atoms with Gasteiger partial charge in [0, 0.05) is 18.3 Å². The SMILES string of the molecule is COc1ccc(C(=O)Nc2ccc(F)c([C@@]34COCC3S(=O)(=O)N(C)C(N)=N4)c2)nc1. The Balaban J connectivity index is 1.72. The molecule has 1 saturated heterocycles. The third kappa shape index (κ3) is 3.37. The number of ether oxygens (including phenoxy) is 2. The number of benzene rings is 1. The number of aromatic nitrogens is 1. The van der Waals surface area contributed by atoms with Crippen LogP contribution in [0.4, 0.5) is 10.1 Å². The Kier molecular flexibility index (Phi) is 5.06. The van der Waals surface area contributed by atoms with E-state index >= 15 is 0 Å². The largest absolute Gasteiger partial charge is 0.495 e. The highest BCUT2D eigenvalue weighted by Crippen LogP contribution is 2.44. The number of nitrogens with two attached hydrogens (primary N) is 1. The molecule has 2 aromatic rings. The first-order valence-corrected chi connectivity index (χ1v) is 10.7. The fourth-order valence-corrected chi connectivity index (χ4v) is 5.35. The van der Waals surface area contributed by atoms with E-state index in [1.54, 1.807) is 6.07 Å². The van der Waals surface area contributed by atoms with Crippen LogP contribution in [0, 0.1) is 5.82 Å². The number of methoxy groups -OCH3 is 1. The number of rotatable bonds is 4. The average Bonchev–Trinajstić information content (AvgIpc) is 3.19. The Bertz CT molecular complexity index is 1170. The number of hydrogen-bond donors (Lipinski definition) is 2. The zero-order valence-corrected chi connectivity index (χ0v) is 17.5. The van der Waals surface area contributed by atoms with Gasteiger partial charge in [-0.1, -0.05) is 0 Å². The summed E-state index contributed by atoms with van der Waals surface area (Å²) in [6.07, 6.45) is 1.39. The van der Waals surface area contributed by atoms with Crippen molar-refractivity contribution >= 4 is 27.6 Å². The molecule has 1 unspecified atom stereocenters. The topological polar surface area (TPSA) is 136 Å². The fourth-order valence-electron chi connectivity index (χ4n) is 3.66. The van der Waals surface area contributed by atoms with Crippen molar-refractivity contribution in [1.29, 1.82) is 0 Å². The van der Waals surface area contributed by atoms with E-state index in [9.17, 15) is 17.6 Å². The van der Waals surface area contributed by atoms with Crippen LogP contribution in [0.25, 0.3) is 0 Å². The molecule has 2 aliphatic rings. The van der Waals surface area contributed by atoms with Gasteiger partial charge in [-0.15, -0.1) is 0 Å². The van der Waals surface area contributed by atoms with Gasteiger partial charge in [0.05, 0.1) is 26.5 Å². The van der Waals surface area contributed by atoms with E-state index in [-0.39, 0.29) is 36.1 Å². The van der Waals surface area contributed by atoms with Crippen LogP contribution in [0.15, 0.2) is 41.5 Å². The molecule has 1 fully saturated rings. The van der Waals surface area contributed by atoms with Crippen molar-refractivity contribution in [2.24, 2.45) is 10.7 Å². The predicted molar refractivity (Wildman–Crippen MR) is 110 cm³/mol. The molecule has 0 bridgehead atoms. The molecule has 1 aromatic heterocycles. The Morgan fingerprint density at radius 2 is 2.16 bits per heavy atom. The van der Waals surface area contributed by atoms with Crippen LogP contribution in [0.5, 0.6) is 5.75 Å². The zero-order chi connectivity index (χ0) is 22.4. The highest BCUT2D eigenvalue weighted by molar-refractivity contribution is 7.90. The molecule has 1 amide bonds. The molecular weight excluding hydrogens is 429 g/mol. The van der Waals surface area contributed by atoms with Gasteiger partial charge in [-0.3, -0.25) is 4.79 Å². The van der Waals surface area contributed by atoms with Crippen molar-refractivity contribution in [3.8, 4) is 5.75 Å². The van der Waals surface area contributed by atoms with E-state index in [0.29, 0.717) is 5.75 Å². The fraction of sp³-hybridized carbons (Fsp3) is 0.316. The number of pyridine rings is 1. The van der Waals surface area contributed by atoms with Gasteiger partial charge in [-0.05, 0) is 30.3 Å². The van der Waals surface area contributed by atoms with Crippen LogP contribution in [0.3, 0.4) is 0 Å². The smallest absolute Gasteiger partial charge is 0.274 e. The van der Waals surface area contributed by atoms with Gasteiger partial charge in [0.2, 0.25) is 16.0 Å². The van der Waals surface area contributed by atoms with Gasteiger partial charge in [-0.25, -0.2) is 27.1 Å². The van der Waals surface area contributed by atoms with Crippen LogP contribution in [-0.4, -0.2) is 62.2 Å². The third-order valence-electron chi connectivity index (χ3n) is 5.40. The Morgan fingerprint density at radius 1 is 1.39 bits per heavy atom. The minimum absolute atomic E-state index is 0.0323. The second kappa shape index (κ2) is 7.46. The molecule has 1 aromatic carbocycles. The van der Waals surface area contributed by atoms with Gasteiger partial charge in [0.1, 0.15) is 28.0 Å². The molecule has 0 spiro atoms. The highest BCUT2D eigenvalue weighted by Gasteiger charge is 2.58. The summed E-state index contributed by atoms with van der Waals surface area (Å²) in [5.74, 6) is -0.993. The van der Waals surface area contributed by atoms with E-state index < -0.39 is 32.5 Å². The van der Waals surface area contributed by atoms with E-state index in [1.807, 2.05) is 0 Å². The van der Waals surface area contributed by atoms with Crippen LogP contribution in [0.1, 0.15) is 16.1 Å². The van der Waals surface area contributed by atoms with E-state index in [1.165, 1.54) is 38.6 Å². The van der Waals surface area contributed by atoms with E-state index in [0.717, 1.165) is 10.4 Å². The number of nitrogens with one attached hydrogen (secondary N) is 1. The molecule has 31 heavy (non-hydrogen) atoms. The van der Waals surface area contributed by atoms with Crippen molar-refractivity contribution in [2.45, 2.75) is 10.8 Å². The van der Waals surface area contributed by atoms with Crippen LogP contribution in [0.2, 0.25) is 0 Å². The third-order valence-corrected chi connectivity index (χ3v) is 7.59. The molecule has 2 aliphatic heterocycles. The summed E-state index contributed by atoms with van der Waals surface area (Å²) >= 11 is 0. The molecule has 3 N–H and O–H groups in total. The average molecular weight is 449 g/mol. The van der Waals surface area contributed by atoms with Crippen molar-refractivity contribution in [2.75, 3.05) is 32.7 Å². The number of guanidine groups is 1. The monoisotopic (exact) mass is 449 g/mol. The molecule has 164 valence electrons. The number of hydrogen-bond acceptors (Lipinski definition) is 8. The first-order valence-electron chi connectivity index (χ1n) is 9.21. The molecular formula is C19H20FN5O5S. The maximum absolute atomic E-state index is 14.9. The molecule has 0 aliphatic carbocycles. The molecule has 10 nitrogen and oxygen atoms in total. The van der Waals surface area contributed by atoms with Gasteiger partial charge in [-0.2, -0.15) is 0 Å². The standard InChI is InChI=1S/C19H20FN5O5S/c1-25-18(21)24-19(10-30-9-16(19)31(25,27)28)13-7-11(3-5-14(13)20)23-17(26)15-6-4-12(29-2)8-22-15/h3-8,16H,9-10H2,1-2H3,(H2,21,24)(H,23,26)/t16?,19-/m0/s1. The van der Waals surface area contributed by atoms with E-state index in [2.05, 4.69) is 15.3 Å². The number of carbonyl (C=O) groups excluding carboxylic acids is 1. The summed E-state index contributed by atoms with van der Waals surface area (Å²) in [6.45, 7) is -0.324. The second-order valence-electron chi connectivity index (χ2n) is 7.14. The number of halogens is 1. The molecule has 3 heterocycles. The quantitative estimate of drug-likeness (QED) is 0.700. The first kappa shape index (κ1) is 21.0. The van der Waals surface area contributed by atoms with Gasteiger partial charge in [0.25, 0.3) is 5.91 Å². The molecule has 0 radical (unpaired) electrons. The summed E-state index contributed by atoms with van der Waals surface area (Å²) < 4.78 is 51.9. The van der Waals surface area contributed by atoms with Gasteiger partial charge >= 0.3 is 0 Å². The number of sulfonamides is 1. The minimum atomic E-state index is -3.92. The number of anilines is 1. The maximum Gasteiger partial charge on any atom is 0.274 e. The molecule has 2 atom stereocenters. The highest BCUT2D eigenvalue weighted by atomic mass is 32.2. The number of amides is 1. The number of nitrogens with zero attached hydrogens (tertiary/aromatic N) is 3. The number of carbonyl (C=O) groups is 1. The van der Waals surface area contributed by atoms with Crippen LogP contribution in [-0.2, 0) is 20.3 Å². The summed E-state index contributed by atoms with van der Waals surface area (Å²) in [6, 6.07) is 6.90. The zero-order valence-electron chi connectivity index (χ0n) is 16.7. The van der Waals surface area contributed by atoms with Gasteiger partial charge < -0.3 is 20.5 Å². The summed E-state index contributed by atoms with van der Waals surface area (Å²) in [5, 5.41) is 1.48. The lowest BCUT2D eigenvalue weighted by Crippen LogP contribution is -2.57. The molecule has 4 rings (SSSR count). The number of aliphatic imine (C=N–C) groups is 1. The lowest BCUT2D eigenvalue weighted by molar-refractivity contribution is 0.102. The van der Waals surface area contributed by atoms with E-state index in [4.69, 9.17) is 15.2 Å². The maximum atomic E-state index is 14.9. The summed E-state index contributed by atoms with van der Waals surface area (Å²) in [4.78, 5) is 20.9.